The van der Waals surface area contributed by atoms with Gasteiger partial charge in [-0.15, -0.1) is 6.58 Å². The highest BCUT2D eigenvalue weighted by Gasteiger charge is 2.71. The minimum Gasteiger partial charge on any atom is -0.377 e. The molecule has 3 aliphatic heterocycles. The van der Waals surface area contributed by atoms with Crippen LogP contribution in [-0.4, -0.2) is 50.8 Å². The van der Waals surface area contributed by atoms with Gasteiger partial charge in [-0.2, -0.15) is 5.06 Å². The molecule has 0 aromatic heterocycles. The van der Waals surface area contributed by atoms with Gasteiger partial charge >= 0.3 is 0 Å². The SMILES string of the molecule is C=CC12CN(C)CC1C1(C(=O)N(OC)c3ccccc31)C1CC2CCO1. The Morgan fingerprint density at radius 1 is 1.38 bits per heavy atom. The molecule has 3 heterocycles. The summed E-state index contributed by atoms with van der Waals surface area (Å²) >= 11 is 0. The number of amides is 1. The minimum absolute atomic E-state index is 0.0260. The number of rotatable bonds is 2. The third-order valence-electron chi connectivity index (χ3n) is 7.46. The standard InChI is InChI=1S/C21H26N2O3/c1-4-20-13-22(2)12-17(20)21(18-11-14(20)9-10-26-18)15-7-5-6-8-16(15)23(25-3)19(21)24/h4-8,14,17-18H,1,9-13H2,2-3H3. The third kappa shape index (κ3) is 1.70. The van der Waals surface area contributed by atoms with Gasteiger partial charge in [-0.3, -0.25) is 9.63 Å². The molecule has 5 atom stereocenters. The van der Waals surface area contributed by atoms with E-state index in [1.54, 1.807) is 7.11 Å². The number of benzene rings is 1. The molecule has 0 N–H and O–H groups in total. The Morgan fingerprint density at radius 3 is 2.96 bits per heavy atom. The lowest BCUT2D eigenvalue weighted by atomic mass is 9.48. The summed E-state index contributed by atoms with van der Waals surface area (Å²) in [6.07, 6.45) is 4.01. The molecule has 4 aliphatic rings. The molecule has 1 aromatic carbocycles. The largest absolute Gasteiger partial charge is 0.377 e. The summed E-state index contributed by atoms with van der Waals surface area (Å²) in [5.74, 6) is 0.698. The van der Waals surface area contributed by atoms with Gasteiger partial charge in [0.25, 0.3) is 5.91 Å². The van der Waals surface area contributed by atoms with Crippen molar-refractivity contribution in [2.75, 3.05) is 38.9 Å². The van der Waals surface area contributed by atoms with E-state index >= 15 is 0 Å². The summed E-state index contributed by atoms with van der Waals surface area (Å²) in [6, 6.07) is 8.06. The first-order valence-corrected chi connectivity index (χ1v) is 9.51. The van der Waals surface area contributed by atoms with Crippen LogP contribution in [0.4, 0.5) is 5.69 Å². The van der Waals surface area contributed by atoms with Crippen molar-refractivity contribution in [1.29, 1.82) is 0 Å². The van der Waals surface area contributed by atoms with Crippen LogP contribution in [0, 0.1) is 17.3 Å². The summed E-state index contributed by atoms with van der Waals surface area (Å²) in [6.45, 7) is 6.80. The van der Waals surface area contributed by atoms with E-state index in [0.717, 1.165) is 37.2 Å². The molecule has 1 spiro atoms. The number of para-hydroxylation sites is 1. The molecule has 26 heavy (non-hydrogen) atoms. The van der Waals surface area contributed by atoms with Crippen molar-refractivity contribution in [2.45, 2.75) is 24.4 Å². The topological polar surface area (TPSA) is 42.0 Å². The second-order valence-corrected chi connectivity index (χ2v) is 8.31. The van der Waals surface area contributed by atoms with Gasteiger partial charge in [-0.25, -0.2) is 0 Å². The quantitative estimate of drug-likeness (QED) is 0.765. The van der Waals surface area contributed by atoms with E-state index in [-0.39, 0.29) is 23.3 Å². The highest BCUT2D eigenvalue weighted by molar-refractivity contribution is 6.07. The number of fused-ring (bicyclic) bond motifs is 8. The van der Waals surface area contributed by atoms with Gasteiger partial charge in [0, 0.05) is 31.0 Å². The predicted molar refractivity (Wildman–Crippen MR) is 98.7 cm³/mol. The first-order chi connectivity index (χ1) is 12.6. The molecule has 0 radical (unpaired) electrons. The van der Waals surface area contributed by atoms with Crippen molar-refractivity contribution in [3.05, 3.63) is 42.5 Å². The second-order valence-electron chi connectivity index (χ2n) is 8.31. The molecule has 5 unspecified atom stereocenters. The number of hydrogen-bond acceptors (Lipinski definition) is 4. The van der Waals surface area contributed by atoms with Crippen molar-refractivity contribution >= 4 is 11.6 Å². The molecule has 2 bridgehead atoms. The number of ether oxygens (including phenoxy) is 1. The lowest BCUT2D eigenvalue weighted by Gasteiger charge is -2.57. The Bertz CT molecular complexity index is 780. The van der Waals surface area contributed by atoms with E-state index in [4.69, 9.17) is 9.57 Å². The molecule has 1 saturated carbocycles. The lowest BCUT2D eigenvalue weighted by molar-refractivity contribution is -0.165. The van der Waals surface area contributed by atoms with Gasteiger partial charge in [0.1, 0.15) is 5.41 Å². The van der Waals surface area contributed by atoms with Crippen LogP contribution in [0.5, 0.6) is 0 Å². The Hall–Kier alpha value is -1.69. The highest BCUT2D eigenvalue weighted by atomic mass is 16.7. The molecule has 2 saturated heterocycles. The molecular weight excluding hydrogens is 328 g/mol. The Balaban J connectivity index is 1.79. The summed E-state index contributed by atoms with van der Waals surface area (Å²) in [5, 5.41) is 1.49. The number of nitrogens with zero attached hydrogens (tertiary/aromatic N) is 2. The fourth-order valence-electron chi connectivity index (χ4n) is 6.53. The van der Waals surface area contributed by atoms with Crippen molar-refractivity contribution in [2.24, 2.45) is 17.3 Å². The van der Waals surface area contributed by atoms with Crippen molar-refractivity contribution in [3.63, 3.8) is 0 Å². The van der Waals surface area contributed by atoms with Crippen molar-refractivity contribution in [1.82, 2.24) is 4.90 Å². The van der Waals surface area contributed by atoms with Crippen molar-refractivity contribution < 1.29 is 14.4 Å². The molecule has 5 nitrogen and oxygen atoms in total. The van der Waals surface area contributed by atoms with Crippen LogP contribution in [-0.2, 0) is 19.8 Å². The Kier molecular flexibility index (Phi) is 3.43. The second kappa shape index (κ2) is 5.41. The van der Waals surface area contributed by atoms with Crippen LogP contribution < -0.4 is 5.06 Å². The number of carbonyl (C=O) groups excluding carboxylic acids is 1. The van der Waals surface area contributed by atoms with Gasteiger partial charge in [0.05, 0.1) is 18.9 Å². The molecule has 138 valence electrons. The van der Waals surface area contributed by atoms with Gasteiger partial charge in [0.2, 0.25) is 0 Å². The molecule has 3 fully saturated rings. The van der Waals surface area contributed by atoms with Crippen LogP contribution in [0.15, 0.2) is 36.9 Å². The van der Waals surface area contributed by atoms with Crippen LogP contribution in [0.3, 0.4) is 0 Å². The average Bonchev–Trinajstić information content (AvgIpc) is 3.14. The summed E-state index contributed by atoms with van der Waals surface area (Å²) in [5.41, 5.74) is 1.17. The zero-order valence-electron chi connectivity index (χ0n) is 15.5. The van der Waals surface area contributed by atoms with Crippen LogP contribution in [0.25, 0.3) is 0 Å². The Morgan fingerprint density at radius 2 is 2.19 bits per heavy atom. The average molecular weight is 354 g/mol. The summed E-state index contributed by atoms with van der Waals surface area (Å²) in [4.78, 5) is 21.8. The van der Waals surface area contributed by atoms with Gasteiger partial charge < -0.3 is 9.64 Å². The number of likely N-dealkylation sites (tertiary alicyclic amines) is 1. The third-order valence-corrected chi connectivity index (χ3v) is 7.46. The highest BCUT2D eigenvalue weighted by Crippen LogP contribution is 2.65. The maximum atomic E-state index is 13.8. The predicted octanol–water partition coefficient (Wildman–Crippen LogP) is 2.38. The van der Waals surface area contributed by atoms with Crippen molar-refractivity contribution in [3.8, 4) is 0 Å². The zero-order chi connectivity index (χ0) is 18.1. The lowest BCUT2D eigenvalue weighted by Crippen LogP contribution is -2.65. The zero-order valence-corrected chi connectivity index (χ0v) is 15.5. The summed E-state index contributed by atoms with van der Waals surface area (Å²) in [7, 11) is 3.73. The molecule has 1 amide bonds. The van der Waals surface area contributed by atoms with Crippen LogP contribution >= 0.6 is 0 Å². The number of hydrogen-bond donors (Lipinski definition) is 0. The van der Waals surface area contributed by atoms with E-state index in [0.29, 0.717) is 12.5 Å². The molecule has 1 aliphatic carbocycles. The van der Waals surface area contributed by atoms with Gasteiger partial charge in [0.15, 0.2) is 0 Å². The first kappa shape index (κ1) is 16.5. The van der Waals surface area contributed by atoms with E-state index in [9.17, 15) is 4.79 Å². The van der Waals surface area contributed by atoms with Crippen LogP contribution in [0.1, 0.15) is 18.4 Å². The normalized spacial score (nSPS) is 41.4. The number of hydroxylamine groups is 1. The van der Waals surface area contributed by atoms with Crippen LogP contribution in [0.2, 0.25) is 0 Å². The van der Waals surface area contributed by atoms with E-state index in [2.05, 4.69) is 30.7 Å². The maximum Gasteiger partial charge on any atom is 0.264 e. The fraction of sp³-hybridized carbons (Fsp3) is 0.571. The summed E-state index contributed by atoms with van der Waals surface area (Å²) < 4.78 is 6.28. The van der Waals surface area contributed by atoms with E-state index < -0.39 is 5.41 Å². The molecular formula is C21H26N2O3. The number of carbonyl (C=O) groups is 1. The van der Waals surface area contributed by atoms with E-state index in [1.165, 1.54) is 5.06 Å². The van der Waals surface area contributed by atoms with Gasteiger partial charge in [-0.05, 0) is 37.4 Å². The molecule has 1 aromatic rings. The fourth-order valence-corrected chi connectivity index (χ4v) is 6.53. The minimum atomic E-state index is -0.692. The maximum absolute atomic E-state index is 13.8. The monoisotopic (exact) mass is 354 g/mol. The number of anilines is 1. The molecule has 5 heteroatoms. The smallest absolute Gasteiger partial charge is 0.264 e. The Labute approximate surface area is 154 Å². The first-order valence-electron chi connectivity index (χ1n) is 9.51. The molecule has 5 rings (SSSR count). The van der Waals surface area contributed by atoms with E-state index in [1.807, 2.05) is 18.2 Å². The van der Waals surface area contributed by atoms with Gasteiger partial charge in [-0.1, -0.05) is 24.3 Å².